The predicted molar refractivity (Wildman–Crippen MR) is 84.4 cm³/mol. The second kappa shape index (κ2) is 6.12. The highest BCUT2D eigenvalue weighted by molar-refractivity contribution is 6.09. The lowest BCUT2D eigenvalue weighted by atomic mass is 9.99. The first-order chi connectivity index (χ1) is 11.8. The molecule has 24 heavy (non-hydrogen) atoms. The van der Waals surface area contributed by atoms with E-state index >= 15 is 0 Å². The van der Waals surface area contributed by atoms with Gasteiger partial charge in [-0.3, -0.25) is 4.79 Å². The summed E-state index contributed by atoms with van der Waals surface area (Å²) in [4.78, 5) is 12.8. The van der Waals surface area contributed by atoms with Crippen LogP contribution in [-0.2, 0) is 18.9 Å². The molecular weight excluding hydrogens is 308 g/mol. The van der Waals surface area contributed by atoms with Crippen molar-refractivity contribution in [3.05, 3.63) is 95.8 Å². The van der Waals surface area contributed by atoms with E-state index in [0.717, 1.165) is 11.1 Å². The van der Waals surface area contributed by atoms with Gasteiger partial charge in [0.15, 0.2) is 5.78 Å². The van der Waals surface area contributed by atoms with Crippen LogP contribution < -0.4 is 0 Å². The molecule has 2 aromatic carbocycles. The molecule has 0 radical (unpaired) electrons. The third-order valence-electron chi connectivity index (χ3n) is 3.76. The minimum absolute atomic E-state index is 0.0874. The van der Waals surface area contributed by atoms with Crippen LogP contribution in [0.4, 0.5) is 0 Å². The molecule has 2 aliphatic rings. The molecule has 0 aliphatic carbocycles. The maximum Gasteiger partial charge on any atom is 0.266 e. The van der Waals surface area contributed by atoms with Crippen molar-refractivity contribution >= 4 is 5.78 Å². The molecule has 0 spiro atoms. The molecule has 0 saturated carbocycles. The summed E-state index contributed by atoms with van der Waals surface area (Å²) in [6.07, 6.45) is 4.93. The topological polar surface area (TPSA) is 54.0 Å². The van der Waals surface area contributed by atoms with E-state index in [1.54, 1.807) is 24.3 Å². The molecule has 0 saturated heterocycles. The Morgan fingerprint density at radius 3 is 1.50 bits per heavy atom. The molecule has 2 heterocycles. The lowest BCUT2D eigenvalue weighted by molar-refractivity contribution is -0.0247. The molecule has 2 aromatic rings. The van der Waals surface area contributed by atoms with Crippen LogP contribution in [0.5, 0.6) is 0 Å². The van der Waals surface area contributed by atoms with Crippen LogP contribution in [0, 0.1) is 0 Å². The molecule has 2 aliphatic heterocycles. The molecule has 0 unspecified atom stereocenters. The normalized spacial score (nSPS) is 16.3. The second-order valence-electron chi connectivity index (χ2n) is 5.33. The fraction of sp³-hybridized carbons (Fsp3) is 0.105. The summed E-state index contributed by atoms with van der Waals surface area (Å²) < 4.78 is 21.2. The van der Waals surface area contributed by atoms with Gasteiger partial charge in [0, 0.05) is 22.3 Å². The van der Waals surface area contributed by atoms with Crippen LogP contribution in [0.3, 0.4) is 0 Å². The van der Waals surface area contributed by atoms with E-state index < -0.39 is 12.6 Å². The Kier molecular flexibility index (Phi) is 3.67. The van der Waals surface area contributed by atoms with Crippen molar-refractivity contribution < 1.29 is 23.7 Å². The largest absolute Gasteiger partial charge is 0.455 e. The van der Waals surface area contributed by atoms with E-state index in [1.807, 2.05) is 24.3 Å². The third kappa shape index (κ3) is 2.72. The number of carbonyl (C=O) groups excluding carboxylic acids is 1. The van der Waals surface area contributed by atoms with Crippen LogP contribution in [-0.4, -0.2) is 5.78 Å². The standard InChI is InChI=1S/C19H14O5/c20-17(13-3-1-5-15(11-13)18-21-7-8-22-18)14-4-2-6-16(12-14)19-23-9-10-24-19/h1-12,18-19H. The van der Waals surface area contributed by atoms with E-state index in [1.165, 1.54) is 25.0 Å². The Morgan fingerprint density at radius 1 is 0.667 bits per heavy atom. The smallest absolute Gasteiger partial charge is 0.266 e. The zero-order valence-corrected chi connectivity index (χ0v) is 12.6. The van der Waals surface area contributed by atoms with Crippen LogP contribution in [0.25, 0.3) is 0 Å². The summed E-state index contributed by atoms with van der Waals surface area (Å²) in [5, 5.41) is 0. The Labute approximate surface area is 138 Å². The number of ketones is 1. The first-order valence-corrected chi connectivity index (χ1v) is 7.48. The summed E-state index contributed by atoms with van der Waals surface area (Å²) in [5.41, 5.74) is 2.70. The monoisotopic (exact) mass is 322 g/mol. The molecule has 0 N–H and O–H groups in total. The van der Waals surface area contributed by atoms with Crippen molar-refractivity contribution in [3.8, 4) is 0 Å². The van der Waals surface area contributed by atoms with Gasteiger partial charge in [-0.25, -0.2) is 0 Å². The van der Waals surface area contributed by atoms with Crippen molar-refractivity contribution in [1.82, 2.24) is 0 Å². The van der Waals surface area contributed by atoms with Crippen molar-refractivity contribution in [2.45, 2.75) is 12.6 Å². The highest BCUT2D eigenvalue weighted by Crippen LogP contribution is 2.27. The third-order valence-corrected chi connectivity index (χ3v) is 3.76. The summed E-state index contributed by atoms with van der Waals surface area (Å²) in [6.45, 7) is 0. The van der Waals surface area contributed by atoms with Gasteiger partial charge < -0.3 is 18.9 Å². The Bertz CT molecular complexity index is 741. The zero-order valence-electron chi connectivity index (χ0n) is 12.6. The molecule has 5 nitrogen and oxygen atoms in total. The lowest BCUT2D eigenvalue weighted by Crippen LogP contribution is -2.06. The molecular formula is C19H14O5. The number of rotatable bonds is 4. The molecule has 5 heteroatoms. The van der Waals surface area contributed by atoms with Crippen molar-refractivity contribution in [2.24, 2.45) is 0 Å². The summed E-state index contributed by atoms with van der Waals surface area (Å²) in [6, 6.07) is 14.4. The molecule has 0 bridgehead atoms. The fourth-order valence-corrected chi connectivity index (χ4v) is 2.61. The maximum atomic E-state index is 12.8. The number of hydrogen-bond donors (Lipinski definition) is 0. The second-order valence-corrected chi connectivity index (χ2v) is 5.33. The quantitative estimate of drug-likeness (QED) is 0.798. The summed E-state index contributed by atoms with van der Waals surface area (Å²) >= 11 is 0. The van der Waals surface area contributed by atoms with Crippen LogP contribution in [0.1, 0.15) is 39.6 Å². The highest BCUT2D eigenvalue weighted by Gasteiger charge is 2.20. The number of ether oxygens (including phenoxy) is 4. The lowest BCUT2D eigenvalue weighted by Gasteiger charge is -2.13. The van der Waals surface area contributed by atoms with Gasteiger partial charge in [-0.05, 0) is 12.1 Å². The Morgan fingerprint density at radius 2 is 1.08 bits per heavy atom. The van der Waals surface area contributed by atoms with E-state index in [2.05, 4.69) is 0 Å². The number of carbonyl (C=O) groups is 1. The van der Waals surface area contributed by atoms with Gasteiger partial charge in [0.25, 0.3) is 12.6 Å². The van der Waals surface area contributed by atoms with Gasteiger partial charge >= 0.3 is 0 Å². The van der Waals surface area contributed by atoms with Crippen molar-refractivity contribution in [2.75, 3.05) is 0 Å². The molecule has 0 atom stereocenters. The van der Waals surface area contributed by atoms with Gasteiger partial charge in [-0.1, -0.05) is 36.4 Å². The summed E-state index contributed by atoms with van der Waals surface area (Å²) in [7, 11) is 0. The Balaban J connectivity index is 1.59. The minimum Gasteiger partial charge on any atom is -0.455 e. The number of benzene rings is 2. The van der Waals surface area contributed by atoms with Gasteiger partial charge in [-0.15, -0.1) is 0 Å². The SMILES string of the molecule is O=C(c1cccc(C2OC=CO2)c1)c1cccc(C2OC=CO2)c1. The first-order valence-electron chi connectivity index (χ1n) is 7.48. The minimum atomic E-state index is -0.504. The molecule has 0 amide bonds. The zero-order chi connectivity index (χ0) is 16.4. The average Bonchev–Trinajstić information content (AvgIpc) is 3.35. The maximum absolute atomic E-state index is 12.8. The van der Waals surface area contributed by atoms with Gasteiger partial charge in [-0.2, -0.15) is 0 Å². The van der Waals surface area contributed by atoms with Gasteiger partial charge in [0.05, 0.1) is 0 Å². The van der Waals surface area contributed by atoms with Crippen molar-refractivity contribution in [1.29, 1.82) is 0 Å². The van der Waals surface area contributed by atoms with Gasteiger partial charge in [0.1, 0.15) is 25.0 Å². The van der Waals surface area contributed by atoms with E-state index in [4.69, 9.17) is 18.9 Å². The summed E-state index contributed by atoms with van der Waals surface area (Å²) in [5.74, 6) is -0.0874. The first kappa shape index (κ1) is 14.4. The molecule has 0 aromatic heterocycles. The van der Waals surface area contributed by atoms with Crippen LogP contribution in [0.2, 0.25) is 0 Å². The van der Waals surface area contributed by atoms with Crippen LogP contribution in [0.15, 0.2) is 73.6 Å². The average molecular weight is 322 g/mol. The highest BCUT2D eigenvalue weighted by atomic mass is 16.7. The molecule has 120 valence electrons. The van der Waals surface area contributed by atoms with E-state index in [0.29, 0.717) is 11.1 Å². The molecule has 0 fully saturated rings. The molecule has 4 rings (SSSR count). The number of hydrogen-bond acceptors (Lipinski definition) is 5. The predicted octanol–water partition coefficient (Wildman–Crippen LogP) is 3.95. The van der Waals surface area contributed by atoms with Crippen molar-refractivity contribution in [3.63, 3.8) is 0 Å². The van der Waals surface area contributed by atoms with E-state index in [9.17, 15) is 4.79 Å². The van der Waals surface area contributed by atoms with Gasteiger partial charge in [0.2, 0.25) is 0 Å². The van der Waals surface area contributed by atoms with Crippen LogP contribution >= 0.6 is 0 Å². The van der Waals surface area contributed by atoms with E-state index in [-0.39, 0.29) is 5.78 Å². The fourth-order valence-electron chi connectivity index (χ4n) is 2.61. The Hall–Kier alpha value is -3.21.